The van der Waals surface area contributed by atoms with Crippen LogP contribution in [0, 0.1) is 0 Å². The first-order chi connectivity index (χ1) is 7.16. The molecule has 0 aliphatic carbocycles. The van der Waals surface area contributed by atoms with Crippen molar-refractivity contribution in [2.24, 2.45) is 0 Å². The van der Waals surface area contributed by atoms with Crippen molar-refractivity contribution in [2.75, 3.05) is 0 Å². The molecule has 76 valence electrons. The van der Waals surface area contributed by atoms with Crippen LogP contribution in [0.5, 0.6) is 0 Å². The van der Waals surface area contributed by atoms with Gasteiger partial charge in [0.1, 0.15) is 14.9 Å². The van der Waals surface area contributed by atoms with Crippen molar-refractivity contribution in [3.8, 4) is 11.3 Å². The van der Waals surface area contributed by atoms with E-state index < -0.39 is 0 Å². The number of benzene rings is 1. The second kappa shape index (κ2) is 4.60. The molecular weight excluding hydrogens is 343 g/mol. The zero-order chi connectivity index (χ0) is 10.8. The molecule has 5 heteroatoms. The number of rotatable bonds is 1. The summed E-state index contributed by atoms with van der Waals surface area (Å²) in [5.41, 5.74) is 1.76. The Bertz CT molecular complexity index is 485. The van der Waals surface area contributed by atoms with Gasteiger partial charge in [-0.1, -0.05) is 23.7 Å². The van der Waals surface area contributed by atoms with Crippen molar-refractivity contribution in [3.05, 3.63) is 44.7 Å². The van der Waals surface area contributed by atoms with E-state index in [9.17, 15) is 0 Å². The van der Waals surface area contributed by atoms with Crippen LogP contribution in [0.1, 0.15) is 0 Å². The zero-order valence-electron chi connectivity index (χ0n) is 7.42. The molecular formula is C10H5Br2ClN2. The summed E-state index contributed by atoms with van der Waals surface area (Å²) < 4.78 is 1.42. The van der Waals surface area contributed by atoms with E-state index in [1.165, 1.54) is 0 Å². The van der Waals surface area contributed by atoms with E-state index in [1.807, 2.05) is 24.3 Å². The highest BCUT2D eigenvalue weighted by atomic mass is 79.9. The standard InChI is InChI=1S/C10H5Br2ClN2/c11-8-5-14-10(12)9(15-8)6-1-3-7(13)4-2-6/h1-5H. The van der Waals surface area contributed by atoms with E-state index in [0.717, 1.165) is 11.3 Å². The molecule has 1 heterocycles. The first-order valence-corrected chi connectivity index (χ1v) is 6.07. The third kappa shape index (κ3) is 2.56. The highest BCUT2D eigenvalue weighted by molar-refractivity contribution is 9.11. The lowest BCUT2D eigenvalue weighted by atomic mass is 10.2. The Labute approximate surface area is 109 Å². The van der Waals surface area contributed by atoms with Gasteiger partial charge in [-0.25, -0.2) is 9.97 Å². The lowest BCUT2D eigenvalue weighted by molar-refractivity contribution is 1.14. The second-order valence-electron chi connectivity index (χ2n) is 2.84. The molecule has 0 bridgehead atoms. The number of hydrogen-bond acceptors (Lipinski definition) is 2. The number of nitrogens with zero attached hydrogens (tertiary/aromatic N) is 2. The summed E-state index contributed by atoms with van der Waals surface area (Å²) in [5, 5.41) is 0.706. The van der Waals surface area contributed by atoms with Gasteiger partial charge in [-0.3, -0.25) is 0 Å². The largest absolute Gasteiger partial charge is 0.244 e. The van der Waals surface area contributed by atoms with Crippen LogP contribution < -0.4 is 0 Å². The summed E-state index contributed by atoms with van der Waals surface area (Å²) in [6.45, 7) is 0. The van der Waals surface area contributed by atoms with Crippen molar-refractivity contribution in [2.45, 2.75) is 0 Å². The van der Waals surface area contributed by atoms with Gasteiger partial charge in [-0.05, 0) is 44.0 Å². The Balaban J connectivity index is 2.53. The number of hydrogen-bond donors (Lipinski definition) is 0. The van der Waals surface area contributed by atoms with Crippen LogP contribution in [-0.4, -0.2) is 9.97 Å². The van der Waals surface area contributed by atoms with Crippen molar-refractivity contribution < 1.29 is 0 Å². The van der Waals surface area contributed by atoms with Crippen LogP contribution >= 0.6 is 43.5 Å². The molecule has 0 saturated carbocycles. The van der Waals surface area contributed by atoms with Crippen LogP contribution in [-0.2, 0) is 0 Å². The van der Waals surface area contributed by atoms with E-state index >= 15 is 0 Å². The zero-order valence-corrected chi connectivity index (χ0v) is 11.3. The molecule has 0 atom stereocenters. The Kier molecular flexibility index (Phi) is 3.38. The van der Waals surface area contributed by atoms with Crippen molar-refractivity contribution in [1.29, 1.82) is 0 Å². The summed E-state index contributed by atoms with van der Waals surface area (Å²) in [7, 11) is 0. The van der Waals surface area contributed by atoms with Gasteiger partial charge < -0.3 is 0 Å². The van der Waals surface area contributed by atoms with Crippen LogP contribution in [0.2, 0.25) is 5.02 Å². The fourth-order valence-corrected chi connectivity index (χ4v) is 1.97. The topological polar surface area (TPSA) is 25.8 Å². The molecule has 0 saturated heterocycles. The fraction of sp³-hybridized carbons (Fsp3) is 0. The fourth-order valence-electron chi connectivity index (χ4n) is 1.14. The minimum absolute atomic E-state index is 0.704. The van der Waals surface area contributed by atoms with Crippen molar-refractivity contribution in [1.82, 2.24) is 9.97 Å². The molecule has 0 aliphatic heterocycles. The maximum atomic E-state index is 5.81. The third-order valence-electron chi connectivity index (χ3n) is 1.82. The molecule has 15 heavy (non-hydrogen) atoms. The lowest BCUT2D eigenvalue weighted by Crippen LogP contribution is -1.89. The van der Waals surface area contributed by atoms with Crippen molar-refractivity contribution >= 4 is 43.5 Å². The van der Waals surface area contributed by atoms with Gasteiger partial charge in [0.15, 0.2) is 0 Å². The SMILES string of the molecule is Clc1ccc(-c2nc(Br)cnc2Br)cc1. The summed E-state index contributed by atoms with van der Waals surface area (Å²) in [6, 6.07) is 7.46. The first-order valence-electron chi connectivity index (χ1n) is 4.11. The average molecular weight is 348 g/mol. The summed E-state index contributed by atoms with van der Waals surface area (Å²) in [6.07, 6.45) is 1.64. The van der Waals surface area contributed by atoms with Crippen molar-refractivity contribution in [3.63, 3.8) is 0 Å². The highest BCUT2D eigenvalue weighted by Gasteiger charge is 2.06. The second-order valence-corrected chi connectivity index (χ2v) is 4.84. The molecule has 0 spiro atoms. The van der Waals surface area contributed by atoms with Gasteiger partial charge in [0, 0.05) is 10.6 Å². The predicted octanol–water partition coefficient (Wildman–Crippen LogP) is 4.32. The molecule has 0 aliphatic rings. The Morgan fingerprint density at radius 3 is 2.40 bits per heavy atom. The summed E-state index contributed by atoms with van der Waals surface area (Å²) >= 11 is 12.5. The van der Waals surface area contributed by atoms with Crippen LogP contribution in [0.4, 0.5) is 0 Å². The van der Waals surface area contributed by atoms with Crippen LogP contribution in [0.3, 0.4) is 0 Å². The molecule has 2 nitrogen and oxygen atoms in total. The minimum atomic E-state index is 0.704. The molecule has 1 aromatic carbocycles. The summed E-state index contributed by atoms with van der Waals surface area (Å²) in [4.78, 5) is 8.49. The van der Waals surface area contributed by atoms with Crippen LogP contribution in [0.25, 0.3) is 11.3 Å². The van der Waals surface area contributed by atoms with Gasteiger partial charge in [0.05, 0.1) is 6.20 Å². The number of aromatic nitrogens is 2. The molecule has 0 fully saturated rings. The maximum Gasteiger partial charge on any atom is 0.132 e. The van der Waals surface area contributed by atoms with E-state index in [-0.39, 0.29) is 0 Å². The molecule has 0 N–H and O–H groups in total. The van der Waals surface area contributed by atoms with Gasteiger partial charge in [-0.15, -0.1) is 0 Å². The molecule has 2 aromatic rings. The normalized spacial score (nSPS) is 10.3. The predicted molar refractivity (Wildman–Crippen MR) is 67.9 cm³/mol. The molecule has 0 unspecified atom stereocenters. The Morgan fingerprint density at radius 1 is 1.07 bits per heavy atom. The van der Waals surface area contributed by atoms with E-state index in [4.69, 9.17) is 11.6 Å². The van der Waals surface area contributed by atoms with Crippen LogP contribution in [0.15, 0.2) is 39.7 Å². The third-order valence-corrected chi connectivity index (χ3v) is 3.03. The van der Waals surface area contributed by atoms with E-state index in [0.29, 0.717) is 14.2 Å². The van der Waals surface area contributed by atoms with Gasteiger partial charge >= 0.3 is 0 Å². The maximum absolute atomic E-state index is 5.81. The minimum Gasteiger partial charge on any atom is -0.244 e. The van der Waals surface area contributed by atoms with Gasteiger partial charge in [-0.2, -0.15) is 0 Å². The van der Waals surface area contributed by atoms with E-state index in [2.05, 4.69) is 41.8 Å². The Hall–Kier alpha value is -0.450. The lowest BCUT2D eigenvalue weighted by Gasteiger charge is -2.03. The number of halogens is 3. The molecule has 1 aromatic heterocycles. The Morgan fingerprint density at radius 2 is 1.73 bits per heavy atom. The van der Waals surface area contributed by atoms with Gasteiger partial charge in [0.2, 0.25) is 0 Å². The molecule has 0 amide bonds. The monoisotopic (exact) mass is 346 g/mol. The van der Waals surface area contributed by atoms with Gasteiger partial charge in [0.25, 0.3) is 0 Å². The van der Waals surface area contributed by atoms with E-state index in [1.54, 1.807) is 6.20 Å². The smallest absolute Gasteiger partial charge is 0.132 e. The first kappa shape index (κ1) is 11.0. The molecule has 0 radical (unpaired) electrons. The summed E-state index contributed by atoms with van der Waals surface area (Å²) in [5.74, 6) is 0. The average Bonchev–Trinajstić information content (AvgIpc) is 2.23. The molecule has 2 rings (SSSR count). The highest BCUT2D eigenvalue weighted by Crippen LogP contribution is 2.26. The quantitative estimate of drug-likeness (QED) is 0.767.